The second-order valence-corrected chi connectivity index (χ2v) is 10.5. The van der Waals surface area contributed by atoms with Gasteiger partial charge in [0.05, 0.1) is 6.04 Å². The van der Waals surface area contributed by atoms with Crippen LogP contribution in [0.2, 0.25) is 0 Å². The van der Waals surface area contributed by atoms with Crippen molar-refractivity contribution in [3.8, 4) is 0 Å². The van der Waals surface area contributed by atoms with E-state index >= 15 is 0 Å². The van der Waals surface area contributed by atoms with Gasteiger partial charge in [-0.3, -0.25) is 14.4 Å². The quantitative estimate of drug-likeness (QED) is 0.470. The molecule has 3 amide bonds. The highest BCUT2D eigenvalue weighted by Crippen LogP contribution is 2.46. The van der Waals surface area contributed by atoms with Crippen LogP contribution in [0.1, 0.15) is 73.8 Å². The van der Waals surface area contributed by atoms with E-state index in [2.05, 4.69) is 21.7 Å². The third-order valence-corrected chi connectivity index (χ3v) is 7.50. The largest absolute Gasteiger partial charge is 0.356 e. The van der Waals surface area contributed by atoms with Gasteiger partial charge in [-0.25, -0.2) is 0 Å². The van der Waals surface area contributed by atoms with E-state index in [-0.39, 0.29) is 35.7 Å². The molecule has 3 aromatic rings. The summed E-state index contributed by atoms with van der Waals surface area (Å²) in [4.78, 5) is 45.8. The molecule has 7 nitrogen and oxygen atoms in total. The first-order valence-corrected chi connectivity index (χ1v) is 12.9. The van der Waals surface area contributed by atoms with Crippen molar-refractivity contribution in [3.63, 3.8) is 0 Å². The van der Waals surface area contributed by atoms with Gasteiger partial charge < -0.3 is 20.5 Å². The van der Waals surface area contributed by atoms with Crippen molar-refractivity contribution in [2.45, 2.75) is 71.1 Å². The highest BCUT2D eigenvalue weighted by molar-refractivity contribution is 6.04. The smallest absolute Gasteiger partial charge is 0.255 e. The lowest BCUT2D eigenvalue weighted by molar-refractivity contribution is -0.132. The number of fused-ring (bicyclic) bond motifs is 7. The fourth-order valence-corrected chi connectivity index (χ4v) is 5.55. The molecule has 4 atom stereocenters. The van der Waals surface area contributed by atoms with Crippen molar-refractivity contribution in [1.29, 1.82) is 0 Å². The number of hydrogen-bond donors (Lipinski definition) is 3. The molecule has 0 fully saturated rings. The van der Waals surface area contributed by atoms with Crippen LogP contribution in [0.4, 0.5) is 0 Å². The van der Waals surface area contributed by atoms with E-state index in [0.717, 1.165) is 34.1 Å². The Kier molecular flexibility index (Phi) is 6.33. The van der Waals surface area contributed by atoms with E-state index in [1.165, 1.54) is 0 Å². The molecule has 0 bridgehead atoms. The number of hydrogen-bond acceptors (Lipinski definition) is 3. The number of nitrogens with one attached hydrogen (secondary N) is 3. The molecule has 36 heavy (non-hydrogen) atoms. The van der Waals surface area contributed by atoms with Crippen LogP contribution < -0.4 is 10.6 Å². The fourth-order valence-electron chi connectivity index (χ4n) is 5.55. The summed E-state index contributed by atoms with van der Waals surface area (Å²) in [5.74, 6) is -0.399. The molecular weight excluding hydrogens is 452 g/mol. The maximum absolute atomic E-state index is 13.9. The molecule has 2 aliphatic heterocycles. The SMILES string of the molecule is CC[C@H](C)NC(=O)[C@H](CC(C)C)NC(=O)[C@H]1Cc2c([nH]c3ccccc23)[C@@H]2c3ccccc3C(=O)N21. The van der Waals surface area contributed by atoms with E-state index in [4.69, 9.17) is 0 Å². The van der Waals surface area contributed by atoms with Crippen LogP contribution in [0.25, 0.3) is 10.9 Å². The van der Waals surface area contributed by atoms with Crippen molar-refractivity contribution in [1.82, 2.24) is 20.5 Å². The minimum Gasteiger partial charge on any atom is -0.356 e. The Hall–Kier alpha value is -3.61. The summed E-state index contributed by atoms with van der Waals surface area (Å²) in [5, 5.41) is 7.10. The molecule has 0 aliphatic carbocycles. The molecule has 7 heteroatoms. The summed E-state index contributed by atoms with van der Waals surface area (Å²) in [6, 6.07) is 13.9. The Morgan fingerprint density at radius 2 is 1.78 bits per heavy atom. The number of aromatic nitrogens is 1. The standard InChI is InChI=1S/C29H34N4O3/c1-5-17(4)30-27(34)23(14-16(2)3)32-28(35)24-15-21-18-10-8-9-13-22(18)31-25(21)26-19-11-6-7-12-20(19)29(36)33(24)26/h6-13,16-17,23-24,26,31H,5,14-15H2,1-4H3,(H,30,34)(H,32,35)/t17-,23-,24+,26-/m0/s1. The summed E-state index contributed by atoms with van der Waals surface area (Å²) in [6.45, 7) is 8.03. The van der Waals surface area contributed by atoms with Crippen LogP contribution in [0.15, 0.2) is 48.5 Å². The predicted octanol–water partition coefficient (Wildman–Crippen LogP) is 4.08. The van der Waals surface area contributed by atoms with Crippen LogP contribution in [-0.2, 0) is 16.0 Å². The van der Waals surface area contributed by atoms with Crippen LogP contribution in [0.5, 0.6) is 0 Å². The highest BCUT2D eigenvalue weighted by Gasteiger charge is 2.49. The maximum Gasteiger partial charge on any atom is 0.255 e. The normalized spacial score (nSPS) is 20.0. The molecule has 0 unspecified atom stereocenters. The first kappa shape index (κ1) is 24.1. The number of carbonyl (C=O) groups is 3. The van der Waals surface area contributed by atoms with Gasteiger partial charge in [0.15, 0.2) is 0 Å². The summed E-state index contributed by atoms with van der Waals surface area (Å²) >= 11 is 0. The van der Waals surface area contributed by atoms with Crippen LogP contribution in [0.3, 0.4) is 0 Å². The third-order valence-electron chi connectivity index (χ3n) is 7.50. The highest BCUT2D eigenvalue weighted by atomic mass is 16.2. The lowest BCUT2D eigenvalue weighted by atomic mass is 9.89. The summed E-state index contributed by atoms with van der Waals surface area (Å²) in [5.41, 5.74) is 4.54. The number of para-hydroxylation sites is 1. The second kappa shape index (κ2) is 9.45. The number of nitrogens with zero attached hydrogens (tertiary/aromatic N) is 1. The molecule has 0 saturated heterocycles. The number of amides is 3. The lowest BCUT2D eigenvalue weighted by Crippen LogP contribution is -2.57. The Morgan fingerprint density at radius 3 is 2.53 bits per heavy atom. The summed E-state index contributed by atoms with van der Waals surface area (Å²) < 4.78 is 0. The Morgan fingerprint density at radius 1 is 1.06 bits per heavy atom. The van der Waals surface area contributed by atoms with Crippen molar-refractivity contribution < 1.29 is 14.4 Å². The molecule has 3 N–H and O–H groups in total. The first-order chi connectivity index (χ1) is 17.3. The van der Waals surface area contributed by atoms with Gasteiger partial charge in [0.25, 0.3) is 5.91 Å². The maximum atomic E-state index is 13.9. The molecule has 0 radical (unpaired) electrons. The molecule has 188 valence electrons. The van der Waals surface area contributed by atoms with Crippen molar-refractivity contribution >= 4 is 28.6 Å². The molecule has 2 aliphatic rings. The van der Waals surface area contributed by atoms with E-state index in [9.17, 15) is 14.4 Å². The Bertz CT molecular complexity index is 1330. The van der Waals surface area contributed by atoms with E-state index in [1.807, 2.05) is 70.2 Å². The van der Waals surface area contributed by atoms with Gasteiger partial charge in [0.1, 0.15) is 12.1 Å². The van der Waals surface area contributed by atoms with Crippen LogP contribution in [0, 0.1) is 5.92 Å². The number of H-pyrrole nitrogens is 1. The molecule has 1 aromatic heterocycles. The second-order valence-electron chi connectivity index (χ2n) is 10.5. The monoisotopic (exact) mass is 486 g/mol. The van der Waals surface area contributed by atoms with Gasteiger partial charge in [-0.05, 0) is 48.9 Å². The van der Waals surface area contributed by atoms with E-state index < -0.39 is 12.1 Å². The molecule has 3 heterocycles. The molecule has 0 spiro atoms. The topological polar surface area (TPSA) is 94.3 Å². The van der Waals surface area contributed by atoms with Crippen molar-refractivity contribution in [2.24, 2.45) is 5.92 Å². The van der Waals surface area contributed by atoms with E-state index in [1.54, 1.807) is 4.90 Å². The Labute approximate surface area is 211 Å². The number of aromatic amines is 1. The zero-order chi connectivity index (χ0) is 25.6. The van der Waals surface area contributed by atoms with Gasteiger partial charge in [-0.15, -0.1) is 0 Å². The molecule has 2 aromatic carbocycles. The zero-order valence-corrected chi connectivity index (χ0v) is 21.3. The number of benzene rings is 2. The predicted molar refractivity (Wildman–Crippen MR) is 140 cm³/mol. The third kappa shape index (κ3) is 4.06. The minimum atomic E-state index is -0.715. The van der Waals surface area contributed by atoms with Gasteiger partial charge in [-0.1, -0.05) is 57.2 Å². The van der Waals surface area contributed by atoms with Crippen LogP contribution in [-0.4, -0.2) is 45.7 Å². The number of rotatable bonds is 7. The molecule has 0 saturated carbocycles. The van der Waals surface area contributed by atoms with Gasteiger partial charge >= 0.3 is 0 Å². The van der Waals surface area contributed by atoms with Gasteiger partial charge in [-0.2, -0.15) is 0 Å². The molecule has 5 rings (SSSR count). The average Bonchev–Trinajstić information content (AvgIpc) is 3.38. The average molecular weight is 487 g/mol. The fraction of sp³-hybridized carbons (Fsp3) is 0.414. The van der Waals surface area contributed by atoms with Gasteiger partial charge in [0, 0.05) is 34.6 Å². The van der Waals surface area contributed by atoms with Gasteiger partial charge in [0.2, 0.25) is 11.8 Å². The van der Waals surface area contributed by atoms with Crippen molar-refractivity contribution in [3.05, 3.63) is 70.9 Å². The number of carbonyl (C=O) groups excluding carboxylic acids is 3. The summed E-state index contributed by atoms with van der Waals surface area (Å²) in [6.07, 6.45) is 1.72. The summed E-state index contributed by atoms with van der Waals surface area (Å²) in [7, 11) is 0. The van der Waals surface area contributed by atoms with Crippen LogP contribution >= 0.6 is 0 Å². The zero-order valence-electron chi connectivity index (χ0n) is 21.3. The minimum absolute atomic E-state index is 0.0200. The molecular formula is C29H34N4O3. The Balaban J connectivity index is 1.53. The first-order valence-electron chi connectivity index (χ1n) is 12.9. The lowest BCUT2D eigenvalue weighted by Gasteiger charge is -2.38. The van der Waals surface area contributed by atoms with Crippen molar-refractivity contribution in [2.75, 3.05) is 0 Å². The van der Waals surface area contributed by atoms with E-state index in [0.29, 0.717) is 18.4 Å².